The first-order chi connectivity index (χ1) is 29.1. The monoisotopic (exact) mass is 852 g/mol. The third-order valence-electron chi connectivity index (χ3n) is 11.1. The number of halogens is 6. The number of ether oxygens (including phenoxy) is 3. The Morgan fingerprint density at radius 3 is 1.51 bits per heavy atom. The fraction of sp³-hybridized carbons (Fsp3) is 0.386. The van der Waals surface area contributed by atoms with Gasteiger partial charge in [0.05, 0.1) is 72.6 Å². The van der Waals surface area contributed by atoms with E-state index >= 15 is 0 Å². The van der Waals surface area contributed by atoms with Crippen molar-refractivity contribution in [2.24, 2.45) is 0 Å². The van der Waals surface area contributed by atoms with E-state index < -0.39 is 29.4 Å². The summed E-state index contributed by atoms with van der Waals surface area (Å²) < 4.78 is 99.9. The van der Waals surface area contributed by atoms with Crippen LogP contribution in [0.25, 0.3) is 11.3 Å². The Hall–Kier alpha value is -5.65. The van der Waals surface area contributed by atoms with Crippen LogP contribution in [0.2, 0.25) is 0 Å². The van der Waals surface area contributed by atoms with Gasteiger partial charge < -0.3 is 37.9 Å². The maximum atomic E-state index is 13.4. The quantitative estimate of drug-likeness (QED) is 0.116. The van der Waals surface area contributed by atoms with Crippen LogP contribution in [-0.4, -0.2) is 82.5 Å². The van der Waals surface area contributed by atoms with Crippen molar-refractivity contribution < 1.29 is 50.5 Å². The number of pyridine rings is 2. The minimum absolute atomic E-state index is 0.0444. The Bertz CT molecular complexity index is 2500. The molecule has 17 heteroatoms. The number of esters is 1. The highest BCUT2D eigenvalue weighted by Crippen LogP contribution is 2.35. The fourth-order valence-electron chi connectivity index (χ4n) is 7.79. The van der Waals surface area contributed by atoms with Crippen molar-refractivity contribution in [2.45, 2.75) is 59.2 Å². The van der Waals surface area contributed by atoms with Crippen LogP contribution in [0.3, 0.4) is 0 Å². The van der Waals surface area contributed by atoms with E-state index in [4.69, 9.17) is 14.2 Å². The number of carbonyl (C=O) groups is 1. The normalized spacial score (nSPS) is 15.0. The number of aliphatic hydroxyl groups excluding tert-OH is 1. The summed E-state index contributed by atoms with van der Waals surface area (Å²) in [5, 5.41) is 9.79. The van der Waals surface area contributed by atoms with Gasteiger partial charge in [-0.3, -0.25) is 4.79 Å². The molecule has 8 rings (SSSR count). The molecule has 0 aliphatic carbocycles. The molecule has 61 heavy (non-hydrogen) atoms. The molecule has 0 saturated carbocycles. The molecule has 0 atom stereocenters. The van der Waals surface area contributed by atoms with Gasteiger partial charge >= 0.3 is 18.3 Å². The summed E-state index contributed by atoms with van der Waals surface area (Å²) >= 11 is 0. The van der Waals surface area contributed by atoms with Gasteiger partial charge in [-0.2, -0.15) is 26.3 Å². The van der Waals surface area contributed by atoms with Gasteiger partial charge in [0.25, 0.3) is 0 Å². The molecule has 324 valence electrons. The highest BCUT2D eigenvalue weighted by Gasteiger charge is 2.34. The minimum Gasteiger partial charge on any atom is -0.459 e. The van der Waals surface area contributed by atoms with E-state index in [0.717, 1.165) is 49.7 Å². The lowest BCUT2D eigenvalue weighted by Gasteiger charge is -2.28. The van der Waals surface area contributed by atoms with Crippen LogP contribution in [0.15, 0.2) is 73.1 Å². The number of rotatable bonds is 9. The third kappa shape index (κ3) is 9.79. The average molecular weight is 853 g/mol. The first-order valence-electron chi connectivity index (χ1n) is 19.8. The average Bonchev–Trinajstić information content (AvgIpc) is 3.77. The van der Waals surface area contributed by atoms with Gasteiger partial charge in [0, 0.05) is 58.3 Å². The number of hydrogen-bond acceptors (Lipinski definition) is 9. The summed E-state index contributed by atoms with van der Waals surface area (Å²) in [5.41, 5.74) is 5.84. The van der Waals surface area contributed by atoms with Crippen molar-refractivity contribution in [3.63, 3.8) is 0 Å². The summed E-state index contributed by atoms with van der Waals surface area (Å²) in [7, 11) is 0. The number of morpholine rings is 2. The molecule has 2 aliphatic rings. The zero-order valence-electron chi connectivity index (χ0n) is 33.9. The molecule has 0 unspecified atom stereocenters. The van der Waals surface area contributed by atoms with E-state index in [-0.39, 0.29) is 37.2 Å². The largest absolute Gasteiger partial charge is 0.459 e. The molecule has 2 fully saturated rings. The maximum absolute atomic E-state index is 13.4. The number of aromatic nitrogens is 4. The van der Waals surface area contributed by atoms with Crippen molar-refractivity contribution in [2.75, 3.05) is 62.4 Å². The molecule has 0 spiro atoms. The van der Waals surface area contributed by atoms with Gasteiger partial charge in [0.15, 0.2) is 0 Å². The number of carbonyl (C=O) groups excluding carboxylic acids is 1. The summed E-state index contributed by atoms with van der Waals surface area (Å²) in [6.45, 7) is 9.58. The van der Waals surface area contributed by atoms with Crippen LogP contribution in [0, 0.1) is 13.8 Å². The lowest BCUT2D eigenvalue weighted by Crippen LogP contribution is -2.36. The van der Waals surface area contributed by atoms with Crippen LogP contribution < -0.4 is 9.80 Å². The topological polar surface area (TPSA) is 106 Å². The van der Waals surface area contributed by atoms with Gasteiger partial charge in [-0.1, -0.05) is 24.3 Å². The predicted octanol–water partition coefficient (Wildman–Crippen LogP) is 7.73. The Morgan fingerprint density at radius 1 is 0.672 bits per heavy atom. The molecule has 6 heterocycles. The number of alkyl halides is 6. The number of benzene rings is 2. The van der Waals surface area contributed by atoms with Gasteiger partial charge in [0.2, 0.25) is 0 Å². The summed E-state index contributed by atoms with van der Waals surface area (Å²) in [5.74, 6) is -0.447. The first kappa shape index (κ1) is 43.4. The summed E-state index contributed by atoms with van der Waals surface area (Å²) in [6, 6.07) is 16.1. The number of anilines is 2. The van der Waals surface area contributed by atoms with Gasteiger partial charge in [-0.15, -0.1) is 0 Å². The smallest absolute Gasteiger partial charge is 0.416 e. The van der Waals surface area contributed by atoms with Crippen LogP contribution in [0.4, 0.5) is 37.7 Å². The van der Waals surface area contributed by atoms with Crippen LogP contribution in [0.5, 0.6) is 0 Å². The predicted molar refractivity (Wildman–Crippen MR) is 216 cm³/mol. The highest BCUT2D eigenvalue weighted by atomic mass is 19.4. The second kappa shape index (κ2) is 18.1. The molecule has 2 saturated heterocycles. The molecule has 2 aromatic carbocycles. The standard InChI is InChI=1S/C23H24F3N3O3.C21H22F3N3O2/c1-15-17(4-3-5-19(15)23(24,25)26)12-21-20(14-32-16(2)30)27-22-7-6-18(13-29(21)22)28-8-10-31-11-9-28;1-14-15(3-2-4-17(14)21(22,23)24)11-19-18(13-28)25-20-6-5-16(12-27(19)20)26-7-9-29-10-8-26/h3-7,13H,8-12,14H2,1-2H3;2-6,12,28H,7-11,13H2,1H3. The number of fused-ring (bicyclic) bond motifs is 2. The number of imidazole rings is 2. The molecule has 4 aromatic heterocycles. The van der Waals surface area contributed by atoms with Crippen LogP contribution >= 0.6 is 0 Å². The summed E-state index contributed by atoms with van der Waals surface area (Å²) in [4.78, 5) is 24.8. The Morgan fingerprint density at radius 2 is 1.10 bits per heavy atom. The summed E-state index contributed by atoms with van der Waals surface area (Å²) in [6.07, 6.45) is -4.49. The van der Waals surface area contributed by atoms with Crippen molar-refractivity contribution >= 4 is 28.6 Å². The second-order valence-electron chi connectivity index (χ2n) is 14.9. The van der Waals surface area contributed by atoms with E-state index in [1.54, 1.807) is 12.1 Å². The Balaban J connectivity index is 0.000000185. The molecular formula is C44H46F6N6O5. The molecular weight excluding hydrogens is 807 g/mol. The maximum Gasteiger partial charge on any atom is 0.416 e. The first-order valence-corrected chi connectivity index (χ1v) is 19.8. The van der Waals surface area contributed by atoms with Crippen molar-refractivity contribution in [1.29, 1.82) is 0 Å². The molecule has 6 aromatic rings. The van der Waals surface area contributed by atoms with Crippen molar-refractivity contribution in [1.82, 2.24) is 18.8 Å². The van der Waals surface area contributed by atoms with E-state index in [9.17, 15) is 36.2 Å². The van der Waals surface area contributed by atoms with Gasteiger partial charge in [-0.25, -0.2) is 9.97 Å². The number of nitrogens with zero attached hydrogens (tertiary/aromatic N) is 6. The molecule has 0 radical (unpaired) electrons. The molecule has 1 N–H and O–H groups in total. The van der Waals surface area contributed by atoms with Gasteiger partial charge in [0.1, 0.15) is 23.6 Å². The molecule has 2 aliphatic heterocycles. The van der Waals surface area contributed by atoms with Crippen molar-refractivity contribution in [3.8, 4) is 0 Å². The second-order valence-corrected chi connectivity index (χ2v) is 14.9. The van der Waals surface area contributed by atoms with E-state index in [1.165, 1.54) is 32.9 Å². The van der Waals surface area contributed by atoms with E-state index in [1.807, 2.05) is 45.5 Å². The molecule has 11 nitrogen and oxygen atoms in total. The lowest BCUT2D eigenvalue weighted by atomic mass is 9.98. The van der Waals surface area contributed by atoms with Crippen molar-refractivity contribution in [3.05, 3.63) is 129 Å². The highest BCUT2D eigenvalue weighted by molar-refractivity contribution is 5.66. The zero-order chi connectivity index (χ0) is 43.5. The number of hydrogen-bond donors (Lipinski definition) is 1. The van der Waals surface area contributed by atoms with E-state index in [0.29, 0.717) is 71.6 Å². The Labute approximate surface area is 348 Å². The van der Waals surface area contributed by atoms with E-state index in [2.05, 4.69) is 19.8 Å². The number of aliphatic hydroxyl groups is 1. The third-order valence-corrected chi connectivity index (χ3v) is 11.1. The zero-order valence-corrected chi connectivity index (χ0v) is 33.9. The SMILES string of the molecule is CC(=O)OCc1nc2ccc(N3CCOCC3)cn2c1Cc1cccc(C(F)(F)F)c1C.Cc1c(Cc2c(CO)nc3ccc(N4CCOCC4)cn23)cccc1C(F)(F)F. The van der Waals surface area contributed by atoms with Gasteiger partial charge in [-0.05, 0) is 72.5 Å². The van der Waals surface area contributed by atoms with Crippen LogP contribution in [0.1, 0.15) is 63.1 Å². The lowest BCUT2D eigenvalue weighted by molar-refractivity contribution is -0.142. The Kier molecular flexibility index (Phi) is 12.9. The van der Waals surface area contributed by atoms with Crippen LogP contribution in [-0.2, 0) is 57.4 Å². The molecule has 0 bridgehead atoms. The fourth-order valence-corrected chi connectivity index (χ4v) is 7.79. The molecule has 0 amide bonds. The minimum atomic E-state index is -4.43.